The molecule has 6 heteroatoms. The van der Waals surface area contributed by atoms with Gasteiger partial charge < -0.3 is 0 Å². The summed E-state index contributed by atoms with van der Waals surface area (Å²) >= 11 is 0. The number of anilines is 1. The second-order valence-corrected chi connectivity index (χ2v) is 4.97. The molecule has 2 aliphatic rings. The molecule has 106 valence electrons. The normalized spacial score (nSPS) is 15.9. The van der Waals surface area contributed by atoms with Crippen molar-refractivity contribution in [3.05, 3.63) is 64.7 Å². The molecule has 2 aromatic carbocycles. The highest BCUT2D eigenvalue weighted by atomic mass is 16.2. The zero-order valence-corrected chi connectivity index (χ0v) is 11.1. The molecule has 0 unspecified atom stereocenters. The maximum Gasteiger partial charge on any atom is 0.266 e. The fraction of sp³-hybridized carbons (Fsp3) is 0. The quantitative estimate of drug-likeness (QED) is 0.805. The minimum atomic E-state index is -0.604. The Kier molecular flexibility index (Phi) is 2.33. The number of hydrogen-bond acceptors (Lipinski definition) is 4. The van der Waals surface area contributed by atoms with E-state index >= 15 is 0 Å². The molecular weight excluding hydrogens is 284 g/mol. The van der Waals surface area contributed by atoms with Crippen molar-refractivity contribution in [3.8, 4) is 0 Å². The van der Waals surface area contributed by atoms with Gasteiger partial charge in [0.25, 0.3) is 23.6 Å². The average molecular weight is 292 g/mol. The first-order valence-corrected chi connectivity index (χ1v) is 6.56. The summed E-state index contributed by atoms with van der Waals surface area (Å²) in [6.07, 6.45) is 0. The summed E-state index contributed by atoms with van der Waals surface area (Å²) in [5, 5.41) is 2.17. The third kappa shape index (κ3) is 1.43. The van der Waals surface area contributed by atoms with Gasteiger partial charge in [-0.15, -0.1) is 0 Å². The molecule has 0 radical (unpaired) electrons. The monoisotopic (exact) mass is 292 g/mol. The molecule has 0 aliphatic carbocycles. The molecule has 22 heavy (non-hydrogen) atoms. The second-order valence-electron chi connectivity index (χ2n) is 4.97. The highest BCUT2D eigenvalue weighted by Crippen LogP contribution is 2.33. The van der Waals surface area contributed by atoms with Crippen LogP contribution in [0.5, 0.6) is 0 Å². The molecule has 0 saturated heterocycles. The van der Waals surface area contributed by atoms with Crippen LogP contribution in [0.25, 0.3) is 0 Å². The molecule has 1 N–H and O–H groups in total. The number of rotatable bonds is 1. The van der Waals surface area contributed by atoms with E-state index in [-0.39, 0.29) is 27.9 Å². The lowest BCUT2D eigenvalue weighted by Crippen LogP contribution is -2.31. The summed E-state index contributed by atoms with van der Waals surface area (Å²) in [7, 11) is 0. The Morgan fingerprint density at radius 2 is 1.27 bits per heavy atom. The topological polar surface area (TPSA) is 83.6 Å². The summed E-state index contributed by atoms with van der Waals surface area (Å²) in [5.41, 5.74) is 0.929. The number of carbonyl (C=O) groups is 4. The molecule has 0 spiro atoms. The van der Waals surface area contributed by atoms with Crippen LogP contribution in [0.2, 0.25) is 0 Å². The van der Waals surface area contributed by atoms with Crippen LogP contribution in [0, 0.1) is 0 Å². The smallest absolute Gasteiger partial charge is 0.266 e. The molecule has 4 rings (SSSR count). The van der Waals surface area contributed by atoms with E-state index in [2.05, 4.69) is 5.32 Å². The van der Waals surface area contributed by atoms with Crippen molar-refractivity contribution in [2.75, 3.05) is 4.90 Å². The summed E-state index contributed by atoms with van der Waals surface area (Å²) in [4.78, 5) is 49.6. The maximum atomic E-state index is 12.5. The Morgan fingerprint density at radius 3 is 1.91 bits per heavy atom. The van der Waals surface area contributed by atoms with E-state index in [1.54, 1.807) is 24.3 Å². The zero-order chi connectivity index (χ0) is 15.4. The van der Waals surface area contributed by atoms with Gasteiger partial charge in [0.15, 0.2) is 0 Å². The van der Waals surface area contributed by atoms with Gasteiger partial charge in [-0.05, 0) is 24.3 Å². The van der Waals surface area contributed by atoms with Crippen molar-refractivity contribution in [2.45, 2.75) is 0 Å². The first kappa shape index (κ1) is 12.5. The SMILES string of the molecule is O=C1NC(=O)c2c1cccc2N1C(=O)c2ccccc2C1=O. The van der Waals surface area contributed by atoms with E-state index in [4.69, 9.17) is 0 Å². The largest absolute Gasteiger partial charge is 0.288 e. The molecule has 2 aliphatic heterocycles. The molecule has 2 heterocycles. The summed E-state index contributed by atoms with van der Waals surface area (Å²) in [5.74, 6) is -2.13. The summed E-state index contributed by atoms with van der Waals surface area (Å²) in [6, 6.07) is 11.0. The predicted molar refractivity (Wildman–Crippen MR) is 75.8 cm³/mol. The van der Waals surface area contributed by atoms with Gasteiger partial charge in [-0.25, -0.2) is 4.90 Å². The minimum absolute atomic E-state index is 0.0574. The predicted octanol–water partition coefficient (Wildman–Crippen LogP) is 1.37. The van der Waals surface area contributed by atoms with E-state index in [1.165, 1.54) is 18.2 Å². The van der Waals surface area contributed by atoms with E-state index in [0.29, 0.717) is 0 Å². The lowest BCUT2D eigenvalue weighted by Gasteiger charge is -2.16. The van der Waals surface area contributed by atoms with Crippen LogP contribution in [-0.2, 0) is 0 Å². The Morgan fingerprint density at radius 1 is 0.682 bits per heavy atom. The van der Waals surface area contributed by atoms with Gasteiger partial charge in [-0.1, -0.05) is 18.2 Å². The Labute approximate surface area is 124 Å². The molecule has 0 aromatic heterocycles. The number of carbonyl (C=O) groups excluding carboxylic acids is 4. The van der Waals surface area contributed by atoms with Crippen LogP contribution in [0.1, 0.15) is 41.4 Å². The number of benzene rings is 2. The van der Waals surface area contributed by atoms with Crippen molar-refractivity contribution >= 4 is 29.3 Å². The Bertz CT molecular complexity index is 866. The van der Waals surface area contributed by atoms with Crippen molar-refractivity contribution in [1.29, 1.82) is 0 Å². The lowest BCUT2D eigenvalue weighted by molar-refractivity contribution is 0.0878. The first-order valence-electron chi connectivity index (χ1n) is 6.56. The molecule has 4 amide bonds. The first-order chi connectivity index (χ1) is 10.6. The fourth-order valence-electron chi connectivity index (χ4n) is 2.80. The van der Waals surface area contributed by atoms with Gasteiger partial charge in [0, 0.05) is 0 Å². The number of fused-ring (bicyclic) bond motifs is 2. The molecule has 6 nitrogen and oxygen atoms in total. The second kappa shape index (κ2) is 4.11. The molecular formula is C16H8N2O4. The van der Waals surface area contributed by atoms with Crippen molar-refractivity contribution in [3.63, 3.8) is 0 Å². The van der Waals surface area contributed by atoms with Gasteiger partial charge >= 0.3 is 0 Å². The molecule has 0 fully saturated rings. The number of nitrogens with zero attached hydrogens (tertiary/aromatic N) is 1. The summed E-state index contributed by atoms with van der Waals surface area (Å²) < 4.78 is 0. The molecule has 0 saturated carbocycles. The van der Waals surface area contributed by atoms with Gasteiger partial charge in [-0.2, -0.15) is 0 Å². The third-order valence-electron chi connectivity index (χ3n) is 3.78. The van der Waals surface area contributed by atoms with Crippen LogP contribution in [-0.4, -0.2) is 23.6 Å². The van der Waals surface area contributed by atoms with Gasteiger partial charge in [0.05, 0.1) is 27.9 Å². The van der Waals surface area contributed by atoms with Gasteiger partial charge in [-0.3, -0.25) is 24.5 Å². The third-order valence-corrected chi connectivity index (χ3v) is 3.78. The number of amides is 4. The van der Waals surface area contributed by atoms with Crippen molar-refractivity contribution < 1.29 is 19.2 Å². The summed E-state index contributed by atoms with van der Waals surface area (Å²) in [6.45, 7) is 0. The standard InChI is InChI=1S/C16H8N2O4/c19-13-10-6-3-7-11(12(10)14(20)17-13)18-15(21)8-4-1-2-5-9(8)16(18)22/h1-7H,(H,17,19,20). The van der Waals surface area contributed by atoms with E-state index in [0.717, 1.165) is 4.90 Å². The van der Waals surface area contributed by atoms with Crippen LogP contribution in [0.3, 0.4) is 0 Å². The zero-order valence-electron chi connectivity index (χ0n) is 11.1. The van der Waals surface area contributed by atoms with Crippen LogP contribution in [0.4, 0.5) is 5.69 Å². The Hall–Kier alpha value is -3.28. The molecule has 2 aromatic rings. The van der Waals surface area contributed by atoms with E-state index in [1.807, 2.05) is 0 Å². The lowest BCUT2D eigenvalue weighted by atomic mass is 10.1. The van der Waals surface area contributed by atoms with Crippen LogP contribution in [0.15, 0.2) is 42.5 Å². The highest BCUT2D eigenvalue weighted by molar-refractivity contribution is 6.36. The van der Waals surface area contributed by atoms with E-state index < -0.39 is 23.6 Å². The molecule has 0 bridgehead atoms. The number of imide groups is 2. The minimum Gasteiger partial charge on any atom is -0.288 e. The van der Waals surface area contributed by atoms with Crippen molar-refractivity contribution in [1.82, 2.24) is 5.32 Å². The van der Waals surface area contributed by atoms with Gasteiger partial charge in [0.2, 0.25) is 0 Å². The fourth-order valence-corrected chi connectivity index (χ4v) is 2.80. The number of nitrogens with one attached hydrogen (secondary N) is 1. The number of hydrogen-bond donors (Lipinski definition) is 1. The Balaban J connectivity index is 1.93. The van der Waals surface area contributed by atoms with Crippen molar-refractivity contribution in [2.24, 2.45) is 0 Å². The molecule has 0 atom stereocenters. The van der Waals surface area contributed by atoms with Crippen LogP contribution < -0.4 is 10.2 Å². The van der Waals surface area contributed by atoms with Crippen LogP contribution >= 0.6 is 0 Å². The average Bonchev–Trinajstić information content (AvgIpc) is 2.95. The maximum absolute atomic E-state index is 12.5. The van der Waals surface area contributed by atoms with Gasteiger partial charge in [0.1, 0.15) is 0 Å². The van der Waals surface area contributed by atoms with E-state index in [9.17, 15) is 19.2 Å². The highest BCUT2D eigenvalue weighted by Gasteiger charge is 2.40.